The highest BCUT2D eigenvalue weighted by atomic mass is 32.2. The number of nitrogens with one attached hydrogen (secondary N) is 1. The first-order valence-corrected chi connectivity index (χ1v) is 9.91. The van der Waals surface area contributed by atoms with Crippen LogP contribution < -0.4 is 10.2 Å². The molecule has 2 aromatic rings. The Morgan fingerprint density at radius 2 is 1.76 bits per heavy atom. The van der Waals surface area contributed by atoms with E-state index >= 15 is 0 Å². The van der Waals surface area contributed by atoms with Crippen LogP contribution >= 0.6 is 11.8 Å². The van der Waals surface area contributed by atoms with Crippen molar-refractivity contribution in [3.05, 3.63) is 60.2 Å². The van der Waals surface area contributed by atoms with Crippen LogP contribution in [0.3, 0.4) is 0 Å². The molecule has 0 bridgehead atoms. The standard InChI is InChI=1S/C20H26N2O2S/c1-3-22(17-7-5-4-6-8-17)18-11-9-16(10-12-18)15-21-19(20(23)24)13-14-25-2/h4-12,19,21H,3,13-15H2,1-2H3,(H,23,24)/t19-/m1/s1. The molecule has 0 spiro atoms. The van der Waals surface area contributed by atoms with Crippen LogP contribution in [0.4, 0.5) is 11.4 Å². The van der Waals surface area contributed by atoms with Gasteiger partial charge in [0.05, 0.1) is 0 Å². The molecule has 5 heteroatoms. The van der Waals surface area contributed by atoms with Crippen molar-refractivity contribution in [3.8, 4) is 0 Å². The molecule has 0 aliphatic heterocycles. The van der Waals surface area contributed by atoms with E-state index in [0.29, 0.717) is 13.0 Å². The van der Waals surface area contributed by atoms with Crippen molar-refractivity contribution in [2.24, 2.45) is 0 Å². The molecule has 2 aromatic carbocycles. The minimum absolute atomic E-state index is 0.497. The highest BCUT2D eigenvalue weighted by molar-refractivity contribution is 7.98. The summed E-state index contributed by atoms with van der Waals surface area (Å²) in [6, 6.07) is 18.1. The molecule has 1 atom stereocenters. The predicted octanol–water partition coefficient (Wildman–Crippen LogP) is 4.14. The van der Waals surface area contributed by atoms with Crippen molar-refractivity contribution >= 4 is 29.1 Å². The first-order chi connectivity index (χ1) is 12.2. The van der Waals surface area contributed by atoms with Gasteiger partial charge in [0.25, 0.3) is 0 Å². The average Bonchev–Trinajstić information content (AvgIpc) is 2.64. The summed E-state index contributed by atoms with van der Waals surface area (Å²) >= 11 is 1.67. The van der Waals surface area contributed by atoms with E-state index in [1.54, 1.807) is 11.8 Å². The molecular formula is C20H26N2O2S. The summed E-state index contributed by atoms with van der Waals surface area (Å²) in [6.07, 6.45) is 2.62. The van der Waals surface area contributed by atoms with E-state index in [1.807, 2.05) is 24.5 Å². The molecule has 0 aliphatic rings. The van der Waals surface area contributed by atoms with Crippen LogP contribution in [-0.2, 0) is 11.3 Å². The van der Waals surface area contributed by atoms with Gasteiger partial charge in [0.2, 0.25) is 0 Å². The van der Waals surface area contributed by atoms with Gasteiger partial charge in [-0.3, -0.25) is 4.79 Å². The van der Waals surface area contributed by atoms with Crippen molar-refractivity contribution in [2.75, 3.05) is 23.5 Å². The second-order valence-corrected chi connectivity index (χ2v) is 6.79. The fourth-order valence-corrected chi connectivity index (χ4v) is 3.18. The van der Waals surface area contributed by atoms with Crippen molar-refractivity contribution in [3.63, 3.8) is 0 Å². The Kier molecular flexibility index (Phi) is 7.82. The summed E-state index contributed by atoms with van der Waals surface area (Å²) in [5.74, 6) is 0.0535. The number of thioether (sulfide) groups is 1. The molecule has 0 aliphatic carbocycles. The third kappa shape index (κ3) is 5.80. The molecule has 0 fully saturated rings. The van der Waals surface area contributed by atoms with Crippen LogP contribution in [0.25, 0.3) is 0 Å². The third-order valence-electron chi connectivity index (χ3n) is 4.09. The highest BCUT2D eigenvalue weighted by Crippen LogP contribution is 2.25. The van der Waals surface area contributed by atoms with E-state index < -0.39 is 12.0 Å². The monoisotopic (exact) mass is 358 g/mol. The lowest BCUT2D eigenvalue weighted by Crippen LogP contribution is -2.36. The summed E-state index contributed by atoms with van der Waals surface area (Å²) < 4.78 is 0. The number of rotatable bonds is 10. The van der Waals surface area contributed by atoms with Crippen LogP contribution in [0.15, 0.2) is 54.6 Å². The largest absolute Gasteiger partial charge is 0.480 e. The Morgan fingerprint density at radius 1 is 1.12 bits per heavy atom. The number of carboxylic acid groups (broad SMARTS) is 1. The molecule has 0 aromatic heterocycles. The Morgan fingerprint density at radius 3 is 2.32 bits per heavy atom. The minimum Gasteiger partial charge on any atom is -0.480 e. The smallest absolute Gasteiger partial charge is 0.320 e. The Bertz CT molecular complexity index is 647. The number of carbonyl (C=O) groups is 1. The average molecular weight is 359 g/mol. The molecule has 4 nitrogen and oxygen atoms in total. The predicted molar refractivity (Wildman–Crippen MR) is 107 cm³/mol. The number of hydrogen-bond donors (Lipinski definition) is 2. The van der Waals surface area contributed by atoms with Crippen molar-refractivity contribution in [1.29, 1.82) is 0 Å². The van der Waals surface area contributed by atoms with Gasteiger partial charge in [0.1, 0.15) is 6.04 Å². The van der Waals surface area contributed by atoms with Gasteiger partial charge in [0.15, 0.2) is 0 Å². The zero-order chi connectivity index (χ0) is 18.1. The maximum atomic E-state index is 11.3. The Labute approximate surface area is 154 Å². The quantitative estimate of drug-likeness (QED) is 0.668. The molecule has 2 N–H and O–H groups in total. The van der Waals surface area contributed by atoms with Gasteiger partial charge in [0, 0.05) is 24.5 Å². The SMILES string of the molecule is CCN(c1ccccc1)c1ccc(CN[C@H](CCSC)C(=O)O)cc1. The topological polar surface area (TPSA) is 52.6 Å². The molecule has 0 saturated heterocycles. The molecule has 0 unspecified atom stereocenters. The van der Waals surface area contributed by atoms with Crippen molar-refractivity contribution in [1.82, 2.24) is 5.32 Å². The molecule has 134 valence electrons. The van der Waals surface area contributed by atoms with Gasteiger partial charge in [-0.1, -0.05) is 30.3 Å². The maximum Gasteiger partial charge on any atom is 0.320 e. The molecule has 25 heavy (non-hydrogen) atoms. The zero-order valence-corrected chi connectivity index (χ0v) is 15.6. The molecule has 0 heterocycles. The first kappa shape index (κ1) is 19.3. The van der Waals surface area contributed by atoms with Gasteiger partial charge < -0.3 is 15.3 Å². The fourth-order valence-electron chi connectivity index (χ4n) is 2.71. The molecular weight excluding hydrogens is 332 g/mol. The summed E-state index contributed by atoms with van der Waals surface area (Å²) in [5, 5.41) is 12.4. The number of anilines is 2. The molecule has 0 radical (unpaired) electrons. The third-order valence-corrected chi connectivity index (χ3v) is 4.74. The van der Waals surface area contributed by atoms with Crippen molar-refractivity contribution < 1.29 is 9.90 Å². The summed E-state index contributed by atoms with van der Waals surface area (Å²) in [5.41, 5.74) is 3.39. The van der Waals surface area contributed by atoms with Crippen LogP contribution in [0.1, 0.15) is 18.9 Å². The van der Waals surface area contributed by atoms with E-state index in [4.69, 9.17) is 0 Å². The lowest BCUT2D eigenvalue weighted by atomic mass is 10.1. The highest BCUT2D eigenvalue weighted by Gasteiger charge is 2.16. The summed E-state index contributed by atoms with van der Waals surface area (Å²) in [7, 11) is 0. The maximum absolute atomic E-state index is 11.3. The number of nitrogens with zero attached hydrogens (tertiary/aromatic N) is 1. The van der Waals surface area contributed by atoms with Gasteiger partial charge >= 0.3 is 5.97 Å². The number of hydrogen-bond acceptors (Lipinski definition) is 4. The van der Waals surface area contributed by atoms with E-state index in [1.165, 1.54) is 5.69 Å². The molecule has 0 saturated carbocycles. The normalized spacial score (nSPS) is 11.9. The van der Waals surface area contributed by atoms with Crippen LogP contribution in [0, 0.1) is 0 Å². The van der Waals surface area contributed by atoms with Crippen LogP contribution in [-0.4, -0.2) is 35.7 Å². The lowest BCUT2D eigenvalue weighted by Gasteiger charge is -2.23. The second-order valence-electron chi connectivity index (χ2n) is 5.80. The first-order valence-electron chi connectivity index (χ1n) is 8.52. The number of carboxylic acids is 1. The molecule has 2 rings (SSSR count). The summed E-state index contributed by atoms with van der Waals surface area (Å²) in [4.78, 5) is 13.5. The van der Waals surface area contributed by atoms with Crippen LogP contribution in [0.5, 0.6) is 0 Å². The Balaban J connectivity index is 2.00. The van der Waals surface area contributed by atoms with Gasteiger partial charge in [-0.05, 0) is 55.2 Å². The molecule has 0 amide bonds. The second kappa shape index (κ2) is 10.1. The zero-order valence-electron chi connectivity index (χ0n) is 14.8. The van der Waals surface area contributed by atoms with Gasteiger partial charge in [-0.2, -0.15) is 11.8 Å². The fraction of sp³-hybridized carbons (Fsp3) is 0.350. The minimum atomic E-state index is -0.785. The van der Waals surface area contributed by atoms with Gasteiger partial charge in [-0.15, -0.1) is 0 Å². The Hall–Kier alpha value is -1.98. The number of para-hydroxylation sites is 1. The van der Waals surface area contributed by atoms with E-state index in [0.717, 1.165) is 23.5 Å². The lowest BCUT2D eigenvalue weighted by molar-refractivity contribution is -0.139. The van der Waals surface area contributed by atoms with E-state index in [9.17, 15) is 9.90 Å². The van der Waals surface area contributed by atoms with E-state index in [-0.39, 0.29) is 0 Å². The van der Waals surface area contributed by atoms with E-state index in [2.05, 4.69) is 53.5 Å². The number of aliphatic carboxylic acids is 1. The van der Waals surface area contributed by atoms with Crippen LogP contribution in [0.2, 0.25) is 0 Å². The van der Waals surface area contributed by atoms with Gasteiger partial charge in [-0.25, -0.2) is 0 Å². The van der Waals surface area contributed by atoms with Crippen molar-refractivity contribution in [2.45, 2.75) is 25.9 Å². The summed E-state index contributed by atoms with van der Waals surface area (Å²) in [6.45, 7) is 3.58. The number of benzene rings is 2.